The van der Waals surface area contributed by atoms with Crippen LogP contribution in [0.25, 0.3) is 0 Å². The highest BCUT2D eigenvalue weighted by Crippen LogP contribution is 2.12. The molecule has 0 fully saturated rings. The summed E-state index contributed by atoms with van der Waals surface area (Å²) in [6.07, 6.45) is 4.17. The third-order valence-electron chi connectivity index (χ3n) is 2.14. The van der Waals surface area contributed by atoms with Crippen LogP contribution < -0.4 is 0 Å². The zero-order valence-corrected chi connectivity index (χ0v) is 8.43. The fraction of sp³-hybridized carbons (Fsp3) is 0.167. The Hall–Kier alpha value is -1.90. The van der Waals surface area contributed by atoms with Crippen LogP contribution in [-0.2, 0) is 6.42 Å². The van der Waals surface area contributed by atoms with Crippen molar-refractivity contribution in [3.63, 3.8) is 0 Å². The van der Waals surface area contributed by atoms with E-state index in [1.807, 2.05) is 18.2 Å². The summed E-state index contributed by atoms with van der Waals surface area (Å²) in [5, 5.41) is 0. The maximum atomic E-state index is 11.0. The van der Waals surface area contributed by atoms with Crippen molar-refractivity contribution in [2.24, 2.45) is 0 Å². The number of rotatable bonds is 3. The van der Waals surface area contributed by atoms with Crippen LogP contribution in [0.15, 0.2) is 41.1 Å². The predicted molar refractivity (Wildman–Crippen MR) is 55.8 cm³/mol. The van der Waals surface area contributed by atoms with E-state index in [9.17, 15) is 4.79 Å². The van der Waals surface area contributed by atoms with Crippen LogP contribution in [0.3, 0.4) is 0 Å². The highest BCUT2D eigenvalue weighted by Gasteiger charge is 2.06. The topological polar surface area (TPSA) is 43.1 Å². The van der Waals surface area contributed by atoms with Gasteiger partial charge in [-0.2, -0.15) is 0 Å². The lowest BCUT2D eigenvalue weighted by Crippen LogP contribution is -1.88. The van der Waals surface area contributed by atoms with Crippen LogP contribution in [0, 0.1) is 0 Å². The van der Waals surface area contributed by atoms with Gasteiger partial charge in [0.2, 0.25) is 0 Å². The third kappa shape index (κ3) is 2.31. The van der Waals surface area contributed by atoms with Gasteiger partial charge >= 0.3 is 0 Å². The van der Waals surface area contributed by atoms with Crippen LogP contribution in [0.4, 0.5) is 0 Å². The Morgan fingerprint density at radius 2 is 2.00 bits per heavy atom. The number of carbonyl (C=O) groups excluding carboxylic acids is 1. The molecule has 0 amide bonds. The van der Waals surface area contributed by atoms with E-state index in [0.717, 1.165) is 11.3 Å². The molecule has 0 aliphatic carbocycles. The van der Waals surface area contributed by atoms with Crippen molar-refractivity contribution >= 4 is 5.78 Å². The minimum atomic E-state index is -0.0454. The van der Waals surface area contributed by atoms with Crippen LogP contribution in [0.5, 0.6) is 0 Å². The summed E-state index contributed by atoms with van der Waals surface area (Å²) in [4.78, 5) is 14.9. The van der Waals surface area contributed by atoms with Gasteiger partial charge in [0.1, 0.15) is 5.76 Å². The fourth-order valence-electron chi connectivity index (χ4n) is 1.36. The summed E-state index contributed by atoms with van der Waals surface area (Å²) < 4.78 is 5.38. The zero-order chi connectivity index (χ0) is 10.7. The third-order valence-corrected chi connectivity index (χ3v) is 2.14. The van der Waals surface area contributed by atoms with Gasteiger partial charge in [-0.05, 0) is 29.8 Å². The molecule has 0 atom stereocenters. The van der Waals surface area contributed by atoms with Gasteiger partial charge in [0.25, 0.3) is 0 Å². The van der Waals surface area contributed by atoms with Gasteiger partial charge in [0.05, 0.1) is 0 Å². The molecule has 0 N–H and O–H groups in total. The van der Waals surface area contributed by atoms with E-state index in [0.29, 0.717) is 12.2 Å². The summed E-state index contributed by atoms with van der Waals surface area (Å²) in [7, 11) is 0. The molecule has 76 valence electrons. The van der Waals surface area contributed by atoms with Gasteiger partial charge in [-0.15, -0.1) is 0 Å². The highest BCUT2D eigenvalue weighted by molar-refractivity contribution is 5.91. The molecule has 0 saturated carbocycles. The molecule has 0 aliphatic rings. The molecule has 0 radical (unpaired) electrons. The molecular formula is C12H11NO2. The summed E-state index contributed by atoms with van der Waals surface area (Å²) >= 11 is 0. The van der Waals surface area contributed by atoms with E-state index in [2.05, 4.69) is 4.98 Å². The first kappa shape index (κ1) is 9.65. The molecule has 3 nitrogen and oxygen atoms in total. The molecule has 2 aromatic rings. The van der Waals surface area contributed by atoms with Crippen molar-refractivity contribution in [3.8, 4) is 0 Å². The minimum absolute atomic E-state index is 0.0454. The first-order valence-electron chi connectivity index (χ1n) is 4.74. The van der Waals surface area contributed by atoms with E-state index in [-0.39, 0.29) is 5.78 Å². The average Bonchev–Trinajstić information content (AvgIpc) is 2.68. The molecule has 2 heterocycles. The smallest absolute Gasteiger partial charge is 0.194 e. The predicted octanol–water partition coefficient (Wildman–Crippen LogP) is 2.47. The SMILES string of the molecule is CC(=O)c1ccc(Cc2ccncc2)o1. The number of hydrogen-bond donors (Lipinski definition) is 0. The summed E-state index contributed by atoms with van der Waals surface area (Å²) in [6, 6.07) is 7.39. The fourth-order valence-corrected chi connectivity index (χ4v) is 1.36. The lowest BCUT2D eigenvalue weighted by Gasteiger charge is -1.96. The van der Waals surface area contributed by atoms with Crippen molar-refractivity contribution in [1.29, 1.82) is 0 Å². The van der Waals surface area contributed by atoms with E-state index in [4.69, 9.17) is 4.42 Å². The largest absolute Gasteiger partial charge is 0.458 e. The average molecular weight is 201 g/mol. The van der Waals surface area contributed by atoms with Crippen LogP contribution in [0.2, 0.25) is 0 Å². The number of ketones is 1. The molecular weight excluding hydrogens is 190 g/mol. The van der Waals surface area contributed by atoms with Gasteiger partial charge in [-0.1, -0.05) is 0 Å². The Kier molecular flexibility index (Phi) is 2.63. The van der Waals surface area contributed by atoms with Crippen molar-refractivity contribution in [2.75, 3.05) is 0 Å². The van der Waals surface area contributed by atoms with E-state index < -0.39 is 0 Å². The maximum Gasteiger partial charge on any atom is 0.194 e. The Bertz CT molecular complexity index is 459. The number of hydrogen-bond acceptors (Lipinski definition) is 3. The van der Waals surface area contributed by atoms with Gasteiger partial charge in [0.15, 0.2) is 11.5 Å². The normalized spacial score (nSPS) is 10.2. The number of Topliss-reactive ketones (excluding diaryl/α,β-unsaturated/α-hetero) is 1. The second-order valence-corrected chi connectivity index (χ2v) is 3.35. The molecule has 0 saturated heterocycles. The molecule has 0 aromatic carbocycles. The van der Waals surface area contributed by atoms with Crippen molar-refractivity contribution in [2.45, 2.75) is 13.3 Å². The Morgan fingerprint density at radius 1 is 1.27 bits per heavy atom. The Balaban J connectivity index is 2.15. The second-order valence-electron chi connectivity index (χ2n) is 3.35. The standard InChI is InChI=1S/C12H11NO2/c1-9(14)12-3-2-11(15-12)8-10-4-6-13-7-5-10/h2-7H,8H2,1H3. The molecule has 2 rings (SSSR count). The van der Waals surface area contributed by atoms with Crippen molar-refractivity contribution < 1.29 is 9.21 Å². The number of furan rings is 1. The van der Waals surface area contributed by atoms with Crippen molar-refractivity contribution in [3.05, 3.63) is 53.7 Å². The molecule has 15 heavy (non-hydrogen) atoms. The Labute approximate surface area is 87.8 Å². The lowest BCUT2D eigenvalue weighted by atomic mass is 10.2. The van der Waals surface area contributed by atoms with E-state index in [1.54, 1.807) is 18.5 Å². The van der Waals surface area contributed by atoms with Crippen LogP contribution >= 0.6 is 0 Å². The second kappa shape index (κ2) is 4.09. The Morgan fingerprint density at radius 3 is 2.60 bits per heavy atom. The van der Waals surface area contributed by atoms with Gasteiger partial charge in [0, 0.05) is 25.7 Å². The number of nitrogens with zero attached hydrogens (tertiary/aromatic N) is 1. The summed E-state index contributed by atoms with van der Waals surface area (Å²) in [5.74, 6) is 1.17. The first-order chi connectivity index (χ1) is 7.25. The van der Waals surface area contributed by atoms with Gasteiger partial charge in [-0.3, -0.25) is 9.78 Å². The molecule has 0 unspecified atom stereocenters. The first-order valence-corrected chi connectivity index (χ1v) is 4.74. The summed E-state index contributed by atoms with van der Waals surface area (Å²) in [6.45, 7) is 1.50. The number of carbonyl (C=O) groups is 1. The maximum absolute atomic E-state index is 11.0. The van der Waals surface area contributed by atoms with E-state index >= 15 is 0 Å². The summed E-state index contributed by atoms with van der Waals surface area (Å²) in [5.41, 5.74) is 1.12. The molecule has 0 bridgehead atoms. The van der Waals surface area contributed by atoms with E-state index in [1.165, 1.54) is 6.92 Å². The van der Waals surface area contributed by atoms with Gasteiger partial charge < -0.3 is 4.42 Å². The molecule has 2 aromatic heterocycles. The monoisotopic (exact) mass is 201 g/mol. The quantitative estimate of drug-likeness (QED) is 0.716. The van der Waals surface area contributed by atoms with Crippen molar-refractivity contribution in [1.82, 2.24) is 4.98 Å². The highest BCUT2D eigenvalue weighted by atomic mass is 16.3. The van der Waals surface area contributed by atoms with Gasteiger partial charge in [-0.25, -0.2) is 0 Å². The molecule has 0 spiro atoms. The number of aromatic nitrogens is 1. The van der Waals surface area contributed by atoms with Crippen LogP contribution in [0.1, 0.15) is 28.8 Å². The lowest BCUT2D eigenvalue weighted by molar-refractivity contribution is 0.0985. The number of pyridine rings is 1. The zero-order valence-electron chi connectivity index (χ0n) is 8.43. The molecule has 0 aliphatic heterocycles. The molecule has 3 heteroatoms. The van der Waals surface area contributed by atoms with Crippen LogP contribution in [-0.4, -0.2) is 10.8 Å². The minimum Gasteiger partial charge on any atom is -0.458 e.